The molecule has 1 N–H and O–H groups in total. The molecule has 2 aromatic carbocycles. The molecule has 2 aliphatic heterocycles. The Labute approximate surface area is 190 Å². The number of amides is 2. The fraction of sp³-hybridized carbons (Fsp3) is 0.348. The molecule has 2 amide bonds. The van der Waals surface area contributed by atoms with E-state index in [2.05, 4.69) is 0 Å². The van der Waals surface area contributed by atoms with Crippen LogP contribution in [-0.2, 0) is 9.53 Å². The summed E-state index contributed by atoms with van der Waals surface area (Å²) in [4.78, 5) is 41.2. The van der Waals surface area contributed by atoms with Gasteiger partial charge in [-0.05, 0) is 30.3 Å². The van der Waals surface area contributed by atoms with Gasteiger partial charge in [0.25, 0.3) is 11.8 Å². The smallest absolute Gasteiger partial charge is 0.328 e. The first-order chi connectivity index (χ1) is 15.4. The summed E-state index contributed by atoms with van der Waals surface area (Å²) in [6, 6.07) is 12.3. The van der Waals surface area contributed by atoms with Gasteiger partial charge >= 0.3 is 5.97 Å². The monoisotopic (exact) mass is 458 g/mol. The Morgan fingerprint density at radius 1 is 1.09 bits per heavy atom. The minimum Gasteiger partial charge on any atom is -0.497 e. The Hall–Kier alpha value is -3.10. The van der Waals surface area contributed by atoms with Crippen LogP contribution < -0.4 is 4.74 Å². The van der Waals surface area contributed by atoms with E-state index in [1.54, 1.807) is 53.4 Å². The van der Waals surface area contributed by atoms with E-state index in [0.29, 0.717) is 47.8 Å². The van der Waals surface area contributed by atoms with Crippen LogP contribution in [0.15, 0.2) is 48.5 Å². The van der Waals surface area contributed by atoms with Gasteiger partial charge in [-0.3, -0.25) is 14.5 Å². The number of methoxy groups -OCH3 is 1. The lowest BCUT2D eigenvalue weighted by Crippen LogP contribution is -2.58. The van der Waals surface area contributed by atoms with Gasteiger partial charge < -0.3 is 19.5 Å². The van der Waals surface area contributed by atoms with E-state index >= 15 is 0 Å². The number of carbonyl (C=O) groups excluding carboxylic acids is 2. The van der Waals surface area contributed by atoms with Crippen molar-refractivity contribution in [1.82, 2.24) is 9.80 Å². The Balaban J connectivity index is 1.58. The van der Waals surface area contributed by atoms with E-state index < -0.39 is 23.6 Å². The molecule has 1 unspecified atom stereocenters. The highest BCUT2D eigenvalue weighted by molar-refractivity contribution is 6.33. The molecular formula is C23H23ClN2O6. The van der Waals surface area contributed by atoms with Crippen LogP contribution >= 0.6 is 11.6 Å². The molecule has 2 aliphatic rings. The van der Waals surface area contributed by atoms with Crippen LogP contribution in [0.4, 0.5) is 0 Å². The molecule has 1 atom stereocenters. The van der Waals surface area contributed by atoms with Crippen molar-refractivity contribution < 1.29 is 29.0 Å². The average molecular weight is 459 g/mol. The molecule has 0 aliphatic carbocycles. The number of carboxylic acids is 1. The molecule has 2 aromatic rings. The van der Waals surface area contributed by atoms with Crippen molar-refractivity contribution in [1.29, 1.82) is 0 Å². The second-order valence-corrected chi connectivity index (χ2v) is 8.20. The summed E-state index contributed by atoms with van der Waals surface area (Å²) in [5.41, 5.74) is -0.374. The standard InChI is InChI=1S/C23H23ClN2O6/c1-31-16-6-4-5-15(13-16)20(27)26-19(22(29)30)14-32-23(26)9-11-25(12-10-23)21(28)17-7-2-3-8-18(17)24/h2-8,13,19H,9-12,14H2,1H3,(H,29,30). The number of benzene rings is 2. The predicted octanol–water partition coefficient (Wildman–Crippen LogP) is 2.91. The van der Waals surface area contributed by atoms with Gasteiger partial charge in [-0.15, -0.1) is 0 Å². The maximum atomic E-state index is 13.4. The van der Waals surface area contributed by atoms with Crippen LogP contribution in [0, 0.1) is 0 Å². The molecule has 2 saturated heterocycles. The third-order valence-electron chi connectivity index (χ3n) is 6.02. The maximum Gasteiger partial charge on any atom is 0.328 e. The summed E-state index contributed by atoms with van der Waals surface area (Å²) < 4.78 is 11.2. The van der Waals surface area contributed by atoms with Crippen LogP contribution in [0.3, 0.4) is 0 Å². The van der Waals surface area contributed by atoms with Gasteiger partial charge in [-0.1, -0.05) is 29.8 Å². The number of piperidine rings is 1. The van der Waals surface area contributed by atoms with Crippen molar-refractivity contribution in [3.63, 3.8) is 0 Å². The van der Waals surface area contributed by atoms with E-state index in [0.717, 1.165) is 0 Å². The van der Waals surface area contributed by atoms with Gasteiger partial charge in [-0.25, -0.2) is 4.79 Å². The number of carboxylic acid groups (broad SMARTS) is 1. The summed E-state index contributed by atoms with van der Waals surface area (Å²) in [5.74, 6) is -1.28. The average Bonchev–Trinajstić information content (AvgIpc) is 3.17. The Kier molecular flexibility index (Phi) is 6.08. The fourth-order valence-corrected chi connectivity index (χ4v) is 4.53. The third-order valence-corrected chi connectivity index (χ3v) is 6.35. The summed E-state index contributed by atoms with van der Waals surface area (Å²) >= 11 is 6.17. The minimum absolute atomic E-state index is 0.108. The number of likely N-dealkylation sites (tertiary alicyclic amines) is 1. The number of nitrogens with zero attached hydrogens (tertiary/aromatic N) is 2. The SMILES string of the molecule is COc1cccc(C(=O)N2C(C(=O)O)COC23CCN(C(=O)c2ccccc2Cl)CC3)c1. The fourth-order valence-electron chi connectivity index (χ4n) is 4.32. The summed E-state index contributed by atoms with van der Waals surface area (Å²) in [6.07, 6.45) is 0.589. The van der Waals surface area contributed by atoms with Crippen molar-refractivity contribution >= 4 is 29.4 Å². The second-order valence-electron chi connectivity index (χ2n) is 7.79. The van der Waals surface area contributed by atoms with Crippen LogP contribution in [-0.4, -0.2) is 71.3 Å². The molecule has 168 valence electrons. The zero-order chi connectivity index (χ0) is 22.9. The zero-order valence-electron chi connectivity index (χ0n) is 17.5. The molecule has 0 aromatic heterocycles. The highest BCUT2D eigenvalue weighted by Gasteiger charge is 2.54. The minimum atomic E-state index is -1.13. The van der Waals surface area contributed by atoms with Gasteiger partial charge in [0.15, 0.2) is 6.04 Å². The normalized spacial score (nSPS) is 19.8. The number of hydrogen-bond acceptors (Lipinski definition) is 5. The largest absolute Gasteiger partial charge is 0.497 e. The van der Waals surface area contributed by atoms with Crippen LogP contribution in [0.25, 0.3) is 0 Å². The van der Waals surface area contributed by atoms with E-state index in [-0.39, 0.29) is 12.5 Å². The quantitative estimate of drug-likeness (QED) is 0.756. The first-order valence-electron chi connectivity index (χ1n) is 10.2. The number of hydrogen-bond donors (Lipinski definition) is 1. The number of aliphatic carboxylic acids is 1. The Bertz CT molecular complexity index is 1050. The molecule has 0 radical (unpaired) electrons. The molecule has 8 nitrogen and oxygen atoms in total. The van der Waals surface area contributed by atoms with Gasteiger partial charge in [-0.2, -0.15) is 0 Å². The predicted molar refractivity (Wildman–Crippen MR) is 116 cm³/mol. The van der Waals surface area contributed by atoms with E-state index in [4.69, 9.17) is 21.1 Å². The van der Waals surface area contributed by atoms with Gasteiger partial charge in [0.1, 0.15) is 11.5 Å². The first-order valence-corrected chi connectivity index (χ1v) is 10.6. The van der Waals surface area contributed by atoms with E-state index in [1.807, 2.05) is 0 Å². The van der Waals surface area contributed by atoms with Crippen molar-refractivity contribution in [2.45, 2.75) is 24.6 Å². The summed E-state index contributed by atoms with van der Waals surface area (Å²) in [6.45, 7) is 0.500. The lowest BCUT2D eigenvalue weighted by molar-refractivity contribution is -0.143. The van der Waals surface area contributed by atoms with E-state index in [1.165, 1.54) is 12.0 Å². The summed E-state index contributed by atoms with van der Waals surface area (Å²) in [7, 11) is 1.50. The van der Waals surface area contributed by atoms with Gasteiger partial charge in [0, 0.05) is 31.5 Å². The Morgan fingerprint density at radius 2 is 1.81 bits per heavy atom. The molecule has 1 spiro atoms. The van der Waals surface area contributed by atoms with Crippen LogP contribution in [0.5, 0.6) is 5.75 Å². The molecule has 4 rings (SSSR count). The molecule has 2 fully saturated rings. The zero-order valence-corrected chi connectivity index (χ0v) is 18.2. The number of halogens is 1. The second kappa shape index (κ2) is 8.80. The van der Waals surface area contributed by atoms with Crippen molar-refractivity contribution in [2.24, 2.45) is 0 Å². The third kappa shape index (κ3) is 3.91. The molecule has 2 heterocycles. The lowest BCUT2D eigenvalue weighted by atomic mass is 9.96. The maximum absolute atomic E-state index is 13.4. The molecule has 9 heteroatoms. The highest BCUT2D eigenvalue weighted by atomic mass is 35.5. The Morgan fingerprint density at radius 3 is 2.47 bits per heavy atom. The van der Waals surface area contributed by atoms with Crippen LogP contribution in [0.1, 0.15) is 33.6 Å². The lowest BCUT2D eigenvalue weighted by Gasteiger charge is -2.44. The van der Waals surface area contributed by atoms with Crippen molar-refractivity contribution in [2.75, 3.05) is 26.8 Å². The highest BCUT2D eigenvalue weighted by Crippen LogP contribution is 2.39. The number of rotatable bonds is 4. The van der Waals surface area contributed by atoms with Crippen molar-refractivity contribution in [3.05, 3.63) is 64.7 Å². The molecule has 32 heavy (non-hydrogen) atoms. The topological polar surface area (TPSA) is 96.4 Å². The molecule has 0 saturated carbocycles. The number of ether oxygens (including phenoxy) is 2. The number of carbonyl (C=O) groups is 3. The van der Waals surface area contributed by atoms with Crippen LogP contribution in [0.2, 0.25) is 5.02 Å². The summed E-state index contributed by atoms with van der Waals surface area (Å²) in [5, 5.41) is 10.1. The van der Waals surface area contributed by atoms with E-state index in [9.17, 15) is 19.5 Å². The first kappa shape index (κ1) is 22.1. The molecule has 0 bridgehead atoms. The molecular weight excluding hydrogens is 436 g/mol. The van der Waals surface area contributed by atoms with Crippen molar-refractivity contribution in [3.8, 4) is 5.75 Å². The van der Waals surface area contributed by atoms with Gasteiger partial charge in [0.05, 0.1) is 24.3 Å². The van der Waals surface area contributed by atoms with Gasteiger partial charge in [0.2, 0.25) is 0 Å².